The van der Waals surface area contributed by atoms with Crippen molar-refractivity contribution in [1.82, 2.24) is 23.8 Å². The fourth-order valence-corrected chi connectivity index (χ4v) is 6.19. The number of hydrogen-bond donors (Lipinski definition) is 0. The standard InChI is InChI=1S/C21H26N6O3S/c1-15-3-5-18(6-4-15)31(28,29)27-11-16-9-26(10-17(16)12-27)21-19-20(22-13-23-21)25(14-24-19)7-8-30-2/h3-6,13-14,16-17H,7-12H2,1-2H3. The van der Waals surface area contributed by atoms with Crippen LogP contribution in [0, 0.1) is 18.8 Å². The van der Waals surface area contributed by atoms with Gasteiger partial charge in [-0.3, -0.25) is 0 Å². The molecule has 0 bridgehead atoms. The van der Waals surface area contributed by atoms with E-state index >= 15 is 0 Å². The minimum absolute atomic E-state index is 0.279. The van der Waals surface area contributed by atoms with Crippen molar-refractivity contribution >= 4 is 27.0 Å². The van der Waals surface area contributed by atoms with E-state index in [2.05, 4.69) is 19.9 Å². The summed E-state index contributed by atoms with van der Waals surface area (Å²) in [6.07, 6.45) is 3.35. The van der Waals surface area contributed by atoms with Crippen LogP contribution in [0.15, 0.2) is 41.8 Å². The number of aryl methyl sites for hydroxylation is 1. The zero-order chi connectivity index (χ0) is 21.6. The summed E-state index contributed by atoms with van der Waals surface area (Å²) in [6.45, 7) is 5.82. The third-order valence-corrected chi connectivity index (χ3v) is 8.18. The summed E-state index contributed by atoms with van der Waals surface area (Å²) in [5, 5.41) is 0. The maximum absolute atomic E-state index is 13.1. The number of ether oxygens (including phenoxy) is 1. The Morgan fingerprint density at radius 2 is 1.74 bits per heavy atom. The molecule has 9 nitrogen and oxygen atoms in total. The molecule has 0 amide bonds. The Morgan fingerprint density at radius 1 is 1.03 bits per heavy atom. The molecule has 2 aliphatic rings. The van der Waals surface area contributed by atoms with Crippen molar-refractivity contribution in [1.29, 1.82) is 0 Å². The van der Waals surface area contributed by atoms with E-state index < -0.39 is 10.0 Å². The number of fused-ring (bicyclic) bond motifs is 2. The number of sulfonamides is 1. The van der Waals surface area contributed by atoms with Crippen LogP contribution in [-0.2, 0) is 21.3 Å². The average molecular weight is 443 g/mol. The second kappa shape index (κ2) is 7.85. The van der Waals surface area contributed by atoms with E-state index in [1.54, 1.807) is 36.2 Å². The molecule has 1 aromatic carbocycles. The van der Waals surface area contributed by atoms with Crippen molar-refractivity contribution in [2.45, 2.75) is 18.4 Å². The van der Waals surface area contributed by atoms with Gasteiger partial charge in [-0.1, -0.05) is 17.7 Å². The molecule has 0 saturated carbocycles. The zero-order valence-electron chi connectivity index (χ0n) is 17.7. The highest BCUT2D eigenvalue weighted by Gasteiger charge is 2.45. The van der Waals surface area contributed by atoms with Crippen LogP contribution in [0.3, 0.4) is 0 Å². The second-order valence-electron chi connectivity index (χ2n) is 8.36. The molecule has 4 heterocycles. The molecule has 164 valence electrons. The molecule has 2 saturated heterocycles. The quantitative estimate of drug-likeness (QED) is 0.572. The molecule has 2 fully saturated rings. The van der Waals surface area contributed by atoms with Gasteiger partial charge in [-0.2, -0.15) is 4.31 Å². The summed E-state index contributed by atoms with van der Waals surface area (Å²) < 4.78 is 34.9. The molecule has 2 aliphatic heterocycles. The Kier molecular flexibility index (Phi) is 5.15. The molecule has 0 aliphatic carbocycles. The summed E-state index contributed by atoms with van der Waals surface area (Å²) >= 11 is 0. The summed E-state index contributed by atoms with van der Waals surface area (Å²) in [5.74, 6) is 1.38. The van der Waals surface area contributed by atoms with Gasteiger partial charge in [0.05, 0.1) is 17.8 Å². The van der Waals surface area contributed by atoms with E-state index in [0.717, 1.165) is 35.6 Å². The van der Waals surface area contributed by atoms with Crippen LogP contribution >= 0.6 is 0 Å². The van der Waals surface area contributed by atoms with Crippen molar-refractivity contribution in [3.63, 3.8) is 0 Å². The Balaban J connectivity index is 1.32. The van der Waals surface area contributed by atoms with Crippen LogP contribution < -0.4 is 4.90 Å². The Hall–Kier alpha value is -2.56. The smallest absolute Gasteiger partial charge is 0.243 e. The van der Waals surface area contributed by atoms with E-state index in [1.807, 2.05) is 23.6 Å². The van der Waals surface area contributed by atoms with Gasteiger partial charge in [-0.15, -0.1) is 0 Å². The van der Waals surface area contributed by atoms with Crippen LogP contribution in [0.5, 0.6) is 0 Å². The van der Waals surface area contributed by atoms with Gasteiger partial charge in [-0.05, 0) is 30.9 Å². The number of imidazole rings is 1. The second-order valence-corrected chi connectivity index (χ2v) is 10.3. The molecule has 0 spiro atoms. The molecule has 31 heavy (non-hydrogen) atoms. The predicted molar refractivity (Wildman–Crippen MR) is 116 cm³/mol. The summed E-state index contributed by atoms with van der Waals surface area (Å²) in [5.41, 5.74) is 2.62. The molecular weight excluding hydrogens is 416 g/mol. The van der Waals surface area contributed by atoms with Crippen LogP contribution in [0.2, 0.25) is 0 Å². The van der Waals surface area contributed by atoms with Crippen molar-refractivity contribution < 1.29 is 13.2 Å². The van der Waals surface area contributed by atoms with Gasteiger partial charge in [0.2, 0.25) is 10.0 Å². The molecule has 2 atom stereocenters. The first kappa shape index (κ1) is 20.3. The molecule has 2 aromatic heterocycles. The first-order valence-corrected chi connectivity index (χ1v) is 11.9. The highest BCUT2D eigenvalue weighted by atomic mass is 32.2. The lowest BCUT2D eigenvalue weighted by atomic mass is 10.0. The molecule has 0 N–H and O–H groups in total. The Bertz CT molecular complexity index is 1180. The lowest BCUT2D eigenvalue weighted by molar-refractivity contribution is 0.188. The van der Waals surface area contributed by atoms with Gasteiger partial charge in [0.25, 0.3) is 0 Å². The molecule has 0 radical (unpaired) electrons. The van der Waals surface area contributed by atoms with Gasteiger partial charge in [0.15, 0.2) is 17.0 Å². The monoisotopic (exact) mass is 442 g/mol. The Morgan fingerprint density at radius 3 is 2.42 bits per heavy atom. The number of anilines is 1. The predicted octanol–water partition coefficient (Wildman–Crippen LogP) is 1.54. The van der Waals surface area contributed by atoms with E-state index in [0.29, 0.717) is 31.1 Å². The first-order chi connectivity index (χ1) is 15.0. The van der Waals surface area contributed by atoms with Gasteiger partial charge < -0.3 is 14.2 Å². The van der Waals surface area contributed by atoms with Gasteiger partial charge in [-0.25, -0.2) is 23.4 Å². The van der Waals surface area contributed by atoms with Crippen molar-refractivity contribution in [3.8, 4) is 0 Å². The molecular formula is C21H26N6O3S. The minimum atomic E-state index is -3.46. The number of methoxy groups -OCH3 is 1. The van der Waals surface area contributed by atoms with Gasteiger partial charge >= 0.3 is 0 Å². The maximum Gasteiger partial charge on any atom is 0.243 e. The summed E-state index contributed by atoms with van der Waals surface area (Å²) in [7, 11) is -1.79. The van der Waals surface area contributed by atoms with E-state index in [4.69, 9.17) is 4.74 Å². The van der Waals surface area contributed by atoms with Crippen molar-refractivity contribution in [2.24, 2.45) is 11.8 Å². The number of rotatable bonds is 6. The number of nitrogens with zero attached hydrogens (tertiary/aromatic N) is 6. The summed E-state index contributed by atoms with van der Waals surface area (Å²) in [6, 6.07) is 7.08. The normalized spacial score (nSPS) is 21.8. The van der Waals surface area contributed by atoms with Gasteiger partial charge in [0, 0.05) is 39.8 Å². The number of benzene rings is 1. The third kappa shape index (κ3) is 3.58. The average Bonchev–Trinajstić information content (AvgIpc) is 3.45. The lowest BCUT2D eigenvalue weighted by Gasteiger charge is -2.22. The van der Waals surface area contributed by atoms with Crippen LogP contribution in [-0.4, -0.2) is 72.1 Å². The highest BCUT2D eigenvalue weighted by molar-refractivity contribution is 7.89. The van der Waals surface area contributed by atoms with E-state index in [-0.39, 0.29) is 11.8 Å². The molecule has 2 unspecified atom stereocenters. The van der Waals surface area contributed by atoms with Crippen LogP contribution in [0.1, 0.15) is 5.56 Å². The Labute approximate surface area is 181 Å². The first-order valence-electron chi connectivity index (χ1n) is 10.4. The van der Waals surface area contributed by atoms with Crippen LogP contribution in [0.25, 0.3) is 11.2 Å². The number of hydrogen-bond acceptors (Lipinski definition) is 7. The zero-order valence-corrected chi connectivity index (χ0v) is 18.5. The minimum Gasteiger partial charge on any atom is -0.383 e. The largest absolute Gasteiger partial charge is 0.383 e. The van der Waals surface area contributed by atoms with E-state index in [9.17, 15) is 8.42 Å². The fourth-order valence-electron chi connectivity index (χ4n) is 4.63. The molecule has 3 aromatic rings. The van der Waals surface area contributed by atoms with Crippen molar-refractivity contribution in [3.05, 3.63) is 42.5 Å². The van der Waals surface area contributed by atoms with Crippen molar-refractivity contribution in [2.75, 3.05) is 44.8 Å². The summed E-state index contributed by atoms with van der Waals surface area (Å²) in [4.78, 5) is 16.1. The SMILES string of the molecule is COCCn1cnc2c(N3CC4CN(S(=O)(=O)c5ccc(C)cc5)CC4C3)ncnc21. The third-order valence-electron chi connectivity index (χ3n) is 6.33. The molecule has 10 heteroatoms. The highest BCUT2D eigenvalue weighted by Crippen LogP contribution is 2.37. The van der Waals surface area contributed by atoms with E-state index in [1.165, 1.54) is 0 Å². The topological polar surface area (TPSA) is 93.5 Å². The number of aromatic nitrogens is 4. The van der Waals surface area contributed by atoms with Gasteiger partial charge in [0.1, 0.15) is 6.33 Å². The molecule has 5 rings (SSSR count). The van der Waals surface area contributed by atoms with Crippen LogP contribution in [0.4, 0.5) is 5.82 Å². The maximum atomic E-state index is 13.1. The lowest BCUT2D eigenvalue weighted by Crippen LogP contribution is -2.33. The fraction of sp³-hybridized carbons (Fsp3) is 0.476.